The Morgan fingerprint density at radius 1 is 0.906 bits per heavy atom. The van der Waals surface area contributed by atoms with Crippen molar-refractivity contribution >= 4 is 29.2 Å². The lowest BCUT2D eigenvalue weighted by molar-refractivity contribution is -0.142. The van der Waals surface area contributed by atoms with E-state index in [0.717, 1.165) is 11.3 Å². The van der Waals surface area contributed by atoms with Gasteiger partial charge in [-0.3, -0.25) is 4.79 Å². The minimum Gasteiger partial charge on any atom is -0.497 e. The summed E-state index contributed by atoms with van der Waals surface area (Å²) in [5.74, 6) is -0.164. The van der Waals surface area contributed by atoms with Crippen LogP contribution < -0.4 is 9.64 Å². The molecule has 0 spiro atoms. The molecule has 0 N–H and O–H groups in total. The van der Waals surface area contributed by atoms with E-state index in [2.05, 4.69) is 0 Å². The number of rotatable bonds is 8. The third-order valence-electron chi connectivity index (χ3n) is 4.86. The standard InChI is InChI=1S/C27H27NO4/c1-20(2)28(23-14-8-5-9-15-23)26(29)19-32-27(30)25(22-12-6-4-7-13-22)18-21-11-10-16-24(17-21)31-3/h4-18,20H,19H2,1-3H3/b25-18+. The molecule has 3 aromatic rings. The molecule has 0 aromatic heterocycles. The minimum absolute atomic E-state index is 0.0791. The highest BCUT2D eigenvalue weighted by Crippen LogP contribution is 2.23. The molecule has 5 nitrogen and oxygen atoms in total. The maximum Gasteiger partial charge on any atom is 0.339 e. The first-order valence-electron chi connectivity index (χ1n) is 10.4. The van der Waals surface area contributed by atoms with Crippen LogP contribution in [0.15, 0.2) is 84.9 Å². The predicted molar refractivity (Wildman–Crippen MR) is 127 cm³/mol. The number of methoxy groups -OCH3 is 1. The molecule has 0 aliphatic heterocycles. The lowest BCUT2D eigenvalue weighted by atomic mass is 10.0. The van der Waals surface area contributed by atoms with Crippen LogP contribution in [0.4, 0.5) is 5.69 Å². The molecule has 0 bridgehead atoms. The second-order valence-corrected chi connectivity index (χ2v) is 7.47. The maximum atomic E-state index is 13.0. The smallest absolute Gasteiger partial charge is 0.339 e. The molecular formula is C27H27NO4. The maximum absolute atomic E-state index is 13.0. The summed E-state index contributed by atoms with van der Waals surface area (Å²) in [5, 5.41) is 0. The summed E-state index contributed by atoms with van der Waals surface area (Å²) in [7, 11) is 1.59. The van der Waals surface area contributed by atoms with Crippen molar-refractivity contribution in [1.29, 1.82) is 0 Å². The minimum atomic E-state index is -0.566. The van der Waals surface area contributed by atoms with E-state index in [1.54, 1.807) is 18.1 Å². The van der Waals surface area contributed by atoms with Crippen molar-refractivity contribution in [1.82, 2.24) is 0 Å². The Labute approximate surface area is 188 Å². The fraction of sp³-hybridized carbons (Fsp3) is 0.185. The van der Waals surface area contributed by atoms with Gasteiger partial charge in [0.1, 0.15) is 5.75 Å². The average molecular weight is 430 g/mol. The Morgan fingerprint density at radius 2 is 1.56 bits per heavy atom. The van der Waals surface area contributed by atoms with Gasteiger partial charge in [0, 0.05) is 11.7 Å². The summed E-state index contributed by atoms with van der Waals surface area (Å²) in [5.41, 5.74) is 2.62. The van der Waals surface area contributed by atoms with E-state index in [-0.39, 0.29) is 18.6 Å². The fourth-order valence-electron chi connectivity index (χ4n) is 3.37. The Balaban J connectivity index is 1.82. The molecule has 0 saturated carbocycles. The highest BCUT2D eigenvalue weighted by molar-refractivity contribution is 6.22. The van der Waals surface area contributed by atoms with E-state index in [9.17, 15) is 9.59 Å². The topological polar surface area (TPSA) is 55.8 Å². The third-order valence-corrected chi connectivity index (χ3v) is 4.86. The molecule has 3 aromatic carbocycles. The van der Waals surface area contributed by atoms with Gasteiger partial charge >= 0.3 is 5.97 Å². The van der Waals surface area contributed by atoms with Gasteiger partial charge in [0.25, 0.3) is 5.91 Å². The molecule has 0 saturated heterocycles. The Hall–Kier alpha value is -3.86. The summed E-state index contributed by atoms with van der Waals surface area (Å²) in [4.78, 5) is 27.6. The molecule has 3 rings (SSSR count). The van der Waals surface area contributed by atoms with Gasteiger partial charge in [0.15, 0.2) is 6.61 Å². The first-order chi connectivity index (χ1) is 15.5. The molecule has 0 fully saturated rings. The van der Waals surface area contributed by atoms with Gasteiger partial charge in [-0.2, -0.15) is 0 Å². The number of anilines is 1. The van der Waals surface area contributed by atoms with Crippen molar-refractivity contribution in [3.05, 3.63) is 96.1 Å². The highest BCUT2D eigenvalue weighted by atomic mass is 16.5. The van der Waals surface area contributed by atoms with Crippen LogP contribution in [0.1, 0.15) is 25.0 Å². The Bertz CT molecular complexity index is 1080. The van der Waals surface area contributed by atoms with Crippen LogP contribution in [-0.4, -0.2) is 31.6 Å². The largest absolute Gasteiger partial charge is 0.497 e. The zero-order chi connectivity index (χ0) is 22.9. The average Bonchev–Trinajstić information content (AvgIpc) is 2.82. The molecule has 0 aliphatic rings. The number of esters is 1. The zero-order valence-electron chi connectivity index (χ0n) is 18.5. The van der Waals surface area contributed by atoms with Gasteiger partial charge in [0.05, 0.1) is 12.7 Å². The SMILES string of the molecule is COc1cccc(/C=C(/C(=O)OCC(=O)N(c2ccccc2)C(C)C)c2ccccc2)c1. The third kappa shape index (κ3) is 5.85. The van der Waals surface area contributed by atoms with E-state index < -0.39 is 5.97 Å². The number of hydrogen-bond donors (Lipinski definition) is 0. The molecule has 32 heavy (non-hydrogen) atoms. The quantitative estimate of drug-likeness (QED) is 0.280. The molecule has 0 unspecified atom stereocenters. The van der Waals surface area contributed by atoms with E-state index in [1.807, 2.05) is 98.8 Å². The van der Waals surface area contributed by atoms with Gasteiger partial charge in [-0.25, -0.2) is 4.79 Å². The second-order valence-electron chi connectivity index (χ2n) is 7.47. The number of nitrogens with zero attached hydrogens (tertiary/aromatic N) is 1. The van der Waals surface area contributed by atoms with Gasteiger partial charge < -0.3 is 14.4 Å². The van der Waals surface area contributed by atoms with Crippen LogP contribution >= 0.6 is 0 Å². The van der Waals surface area contributed by atoms with Crippen molar-refractivity contribution in [2.45, 2.75) is 19.9 Å². The lowest BCUT2D eigenvalue weighted by Gasteiger charge is -2.26. The molecule has 1 amide bonds. The molecule has 0 radical (unpaired) electrons. The van der Waals surface area contributed by atoms with E-state index in [4.69, 9.17) is 9.47 Å². The van der Waals surface area contributed by atoms with Crippen LogP contribution in [0.3, 0.4) is 0 Å². The van der Waals surface area contributed by atoms with Gasteiger partial charge in [-0.15, -0.1) is 0 Å². The van der Waals surface area contributed by atoms with Crippen molar-refractivity contribution in [3.63, 3.8) is 0 Å². The van der Waals surface area contributed by atoms with Crippen molar-refractivity contribution < 1.29 is 19.1 Å². The summed E-state index contributed by atoms with van der Waals surface area (Å²) in [6.45, 7) is 3.49. The van der Waals surface area contributed by atoms with Gasteiger partial charge in [-0.05, 0) is 55.3 Å². The molecule has 5 heteroatoms. The summed E-state index contributed by atoms with van der Waals surface area (Å²) < 4.78 is 10.7. The number of benzene rings is 3. The van der Waals surface area contributed by atoms with Crippen molar-refractivity contribution in [2.75, 3.05) is 18.6 Å². The predicted octanol–water partition coefficient (Wildman–Crippen LogP) is 5.22. The molecule has 164 valence electrons. The van der Waals surface area contributed by atoms with Crippen LogP contribution in [0.2, 0.25) is 0 Å². The van der Waals surface area contributed by atoms with Gasteiger partial charge in [0.2, 0.25) is 0 Å². The Kier molecular flexibility index (Phi) is 7.81. The van der Waals surface area contributed by atoms with Crippen LogP contribution in [0.25, 0.3) is 11.6 Å². The van der Waals surface area contributed by atoms with E-state index >= 15 is 0 Å². The van der Waals surface area contributed by atoms with E-state index in [1.165, 1.54) is 0 Å². The number of ether oxygens (including phenoxy) is 2. The monoisotopic (exact) mass is 429 g/mol. The number of carbonyl (C=O) groups is 2. The van der Waals surface area contributed by atoms with Crippen LogP contribution in [0, 0.1) is 0 Å². The van der Waals surface area contributed by atoms with Crippen LogP contribution in [-0.2, 0) is 14.3 Å². The number of amides is 1. The summed E-state index contributed by atoms with van der Waals surface area (Å²) >= 11 is 0. The zero-order valence-corrected chi connectivity index (χ0v) is 18.5. The van der Waals surface area contributed by atoms with Crippen molar-refractivity contribution in [3.8, 4) is 5.75 Å². The van der Waals surface area contributed by atoms with Gasteiger partial charge in [-0.1, -0.05) is 60.7 Å². The number of para-hydroxylation sites is 1. The van der Waals surface area contributed by atoms with E-state index in [0.29, 0.717) is 16.9 Å². The first-order valence-corrected chi connectivity index (χ1v) is 10.4. The number of hydrogen-bond acceptors (Lipinski definition) is 4. The van der Waals surface area contributed by atoms with Crippen molar-refractivity contribution in [2.24, 2.45) is 0 Å². The summed E-state index contributed by atoms with van der Waals surface area (Å²) in [6, 6.07) is 25.9. The first kappa shape index (κ1) is 22.8. The number of carbonyl (C=O) groups excluding carboxylic acids is 2. The molecule has 0 aliphatic carbocycles. The summed E-state index contributed by atoms with van der Waals surface area (Å²) in [6.07, 6.45) is 1.74. The Morgan fingerprint density at radius 3 is 2.19 bits per heavy atom. The molecule has 0 heterocycles. The second kappa shape index (κ2) is 11.0. The molecule has 0 atom stereocenters. The highest BCUT2D eigenvalue weighted by Gasteiger charge is 2.22. The van der Waals surface area contributed by atoms with Crippen LogP contribution in [0.5, 0.6) is 5.75 Å². The molecular weight excluding hydrogens is 402 g/mol. The fourth-order valence-corrected chi connectivity index (χ4v) is 3.37. The normalized spacial score (nSPS) is 11.2. The lowest BCUT2D eigenvalue weighted by Crippen LogP contribution is -2.39.